The van der Waals surface area contributed by atoms with Crippen molar-refractivity contribution in [3.05, 3.63) is 46.7 Å². The number of aryl methyl sites for hydroxylation is 1. The van der Waals surface area contributed by atoms with Crippen LogP contribution in [0.1, 0.15) is 29.5 Å². The van der Waals surface area contributed by atoms with Gasteiger partial charge in [-0.1, -0.05) is 24.9 Å². The molecule has 0 radical (unpaired) electrons. The number of anilines is 1. The zero-order chi connectivity index (χ0) is 13.0. The number of hydrogen-bond donors (Lipinski definition) is 2. The van der Waals surface area contributed by atoms with E-state index in [2.05, 4.69) is 22.4 Å². The summed E-state index contributed by atoms with van der Waals surface area (Å²) in [5.74, 6) is -0.226. The van der Waals surface area contributed by atoms with E-state index in [0.29, 0.717) is 16.4 Å². The number of carbonyl (C=O) groups is 1. The van der Waals surface area contributed by atoms with Gasteiger partial charge in [0, 0.05) is 16.4 Å². The summed E-state index contributed by atoms with van der Waals surface area (Å²) in [6.45, 7) is 2.08. The number of halogens is 1. The minimum absolute atomic E-state index is 0.226. The van der Waals surface area contributed by atoms with E-state index in [1.54, 1.807) is 30.3 Å². The Bertz CT molecular complexity index is 533. The van der Waals surface area contributed by atoms with E-state index in [1.807, 2.05) is 0 Å². The third-order valence-electron chi connectivity index (χ3n) is 2.48. The second-order valence-electron chi connectivity index (χ2n) is 3.99. The van der Waals surface area contributed by atoms with Gasteiger partial charge in [0.15, 0.2) is 5.69 Å². The lowest BCUT2D eigenvalue weighted by Crippen LogP contribution is -2.12. The van der Waals surface area contributed by atoms with Crippen LogP contribution >= 0.6 is 11.6 Å². The van der Waals surface area contributed by atoms with Crippen LogP contribution in [-0.2, 0) is 6.42 Å². The molecule has 1 aromatic carbocycles. The quantitative estimate of drug-likeness (QED) is 0.889. The smallest absolute Gasteiger partial charge is 0.276 e. The fourth-order valence-electron chi connectivity index (χ4n) is 1.60. The van der Waals surface area contributed by atoms with E-state index in [0.717, 1.165) is 18.5 Å². The lowest BCUT2D eigenvalue weighted by atomic mass is 10.2. The predicted molar refractivity (Wildman–Crippen MR) is 72.0 cm³/mol. The average molecular weight is 264 g/mol. The highest BCUT2D eigenvalue weighted by Gasteiger charge is 2.10. The summed E-state index contributed by atoms with van der Waals surface area (Å²) in [4.78, 5) is 11.9. The SMILES string of the molecule is CCCc1cc(C(=O)Nc2ccc(Cl)cc2)n[nH]1. The van der Waals surface area contributed by atoms with Gasteiger partial charge >= 0.3 is 0 Å². The summed E-state index contributed by atoms with van der Waals surface area (Å²) in [5, 5.41) is 10.2. The molecule has 2 N–H and O–H groups in total. The van der Waals surface area contributed by atoms with Gasteiger partial charge in [-0.15, -0.1) is 0 Å². The molecule has 0 bridgehead atoms. The molecule has 5 heteroatoms. The highest BCUT2D eigenvalue weighted by Crippen LogP contribution is 2.14. The number of hydrogen-bond acceptors (Lipinski definition) is 2. The second kappa shape index (κ2) is 5.69. The van der Waals surface area contributed by atoms with Gasteiger partial charge in [0.25, 0.3) is 5.91 Å². The fourth-order valence-corrected chi connectivity index (χ4v) is 1.73. The van der Waals surface area contributed by atoms with E-state index in [-0.39, 0.29) is 5.91 Å². The van der Waals surface area contributed by atoms with Crippen LogP contribution in [0.3, 0.4) is 0 Å². The number of nitrogens with one attached hydrogen (secondary N) is 2. The Balaban J connectivity index is 2.04. The molecule has 1 aromatic heterocycles. The maximum atomic E-state index is 11.9. The molecule has 0 aliphatic rings. The number of amides is 1. The third kappa shape index (κ3) is 3.11. The summed E-state index contributed by atoms with van der Waals surface area (Å²) in [6.07, 6.45) is 1.90. The fraction of sp³-hybridized carbons (Fsp3) is 0.231. The van der Waals surface area contributed by atoms with Gasteiger partial charge in [0.1, 0.15) is 0 Å². The molecule has 1 amide bonds. The molecule has 0 spiro atoms. The van der Waals surface area contributed by atoms with Crippen LogP contribution < -0.4 is 5.32 Å². The molecule has 94 valence electrons. The van der Waals surface area contributed by atoms with Crippen LogP contribution in [0, 0.1) is 0 Å². The molecular formula is C13H14ClN3O. The monoisotopic (exact) mass is 263 g/mol. The van der Waals surface area contributed by atoms with Gasteiger partial charge in [-0.2, -0.15) is 5.10 Å². The van der Waals surface area contributed by atoms with Crippen LogP contribution in [-0.4, -0.2) is 16.1 Å². The summed E-state index contributed by atoms with van der Waals surface area (Å²) in [5.41, 5.74) is 2.07. The van der Waals surface area contributed by atoms with Crippen LogP contribution in [0.15, 0.2) is 30.3 Å². The van der Waals surface area contributed by atoms with Crippen LogP contribution in [0.25, 0.3) is 0 Å². The molecule has 0 unspecified atom stereocenters. The Morgan fingerprint density at radius 2 is 2.11 bits per heavy atom. The topological polar surface area (TPSA) is 57.8 Å². The van der Waals surface area contributed by atoms with E-state index in [9.17, 15) is 4.79 Å². The molecule has 0 saturated carbocycles. The Labute approximate surface area is 110 Å². The molecule has 0 saturated heterocycles. The molecule has 0 aliphatic heterocycles. The minimum atomic E-state index is -0.226. The Morgan fingerprint density at radius 3 is 2.78 bits per heavy atom. The van der Waals surface area contributed by atoms with Crippen molar-refractivity contribution in [3.8, 4) is 0 Å². The van der Waals surface area contributed by atoms with Gasteiger partial charge in [-0.25, -0.2) is 0 Å². The number of aromatic nitrogens is 2. The number of aromatic amines is 1. The third-order valence-corrected chi connectivity index (χ3v) is 2.74. The average Bonchev–Trinajstić information content (AvgIpc) is 2.81. The largest absolute Gasteiger partial charge is 0.321 e. The van der Waals surface area contributed by atoms with Crippen molar-refractivity contribution >= 4 is 23.2 Å². The Morgan fingerprint density at radius 1 is 1.39 bits per heavy atom. The number of benzene rings is 1. The normalized spacial score (nSPS) is 10.3. The van der Waals surface area contributed by atoms with Gasteiger partial charge in [0.05, 0.1) is 0 Å². The second-order valence-corrected chi connectivity index (χ2v) is 4.43. The first-order valence-corrected chi connectivity index (χ1v) is 6.18. The molecule has 0 fully saturated rings. The predicted octanol–water partition coefficient (Wildman–Crippen LogP) is 3.27. The number of H-pyrrole nitrogens is 1. The zero-order valence-electron chi connectivity index (χ0n) is 10.0. The summed E-state index contributed by atoms with van der Waals surface area (Å²) in [6, 6.07) is 8.73. The van der Waals surface area contributed by atoms with Gasteiger partial charge in [0.2, 0.25) is 0 Å². The van der Waals surface area contributed by atoms with Crippen molar-refractivity contribution in [3.63, 3.8) is 0 Å². The zero-order valence-corrected chi connectivity index (χ0v) is 10.8. The molecule has 0 aliphatic carbocycles. The lowest BCUT2D eigenvalue weighted by molar-refractivity contribution is 0.102. The molecule has 4 nitrogen and oxygen atoms in total. The molecular weight excluding hydrogens is 250 g/mol. The lowest BCUT2D eigenvalue weighted by Gasteiger charge is -2.02. The minimum Gasteiger partial charge on any atom is -0.321 e. The maximum Gasteiger partial charge on any atom is 0.276 e. The first-order chi connectivity index (χ1) is 8.69. The summed E-state index contributed by atoms with van der Waals surface area (Å²) in [7, 11) is 0. The summed E-state index contributed by atoms with van der Waals surface area (Å²) < 4.78 is 0. The van der Waals surface area contributed by atoms with Crippen LogP contribution in [0.2, 0.25) is 5.02 Å². The number of carbonyl (C=O) groups excluding carboxylic acids is 1. The number of rotatable bonds is 4. The van der Waals surface area contributed by atoms with Gasteiger partial charge in [-0.05, 0) is 36.8 Å². The first-order valence-electron chi connectivity index (χ1n) is 5.80. The molecule has 0 atom stereocenters. The van der Waals surface area contributed by atoms with Crippen molar-refractivity contribution in [2.75, 3.05) is 5.32 Å². The van der Waals surface area contributed by atoms with Crippen LogP contribution in [0.5, 0.6) is 0 Å². The van der Waals surface area contributed by atoms with E-state index in [1.165, 1.54) is 0 Å². The van der Waals surface area contributed by atoms with Crippen molar-refractivity contribution in [1.29, 1.82) is 0 Å². The standard InChI is InChI=1S/C13H14ClN3O/c1-2-3-11-8-12(17-16-11)13(18)15-10-6-4-9(14)5-7-10/h4-8H,2-3H2,1H3,(H,15,18)(H,16,17). The van der Waals surface area contributed by atoms with Crippen molar-refractivity contribution < 1.29 is 4.79 Å². The summed E-state index contributed by atoms with van der Waals surface area (Å²) >= 11 is 5.77. The van der Waals surface area contributed by atoms with E-state index in [4.69, 9.17) is 11.6 Å². The molecule has 18 heavy (non-hydrogen) atoms. The van der Waals surface area contributed by atoms with E-state index < -0.39 is 0 Å². The molecule has 2 aromatic rings. The van der Waals surface area contributed by atoms with Crippen molar-refractivity contribution in [2.45, 2.75) is 19.8 Å². The first kappa shape index (κ1) is 12.6. The maximum absolute atomic E-state index is 11.9. The van der Waals surface area contributed by atoms with Crippen molar-refractivity contribution in [2.24, 2.45) is 0 Å². The van der Waals surface area contributed by atoms with Crippen molar-refractivity contribution in [1.82, 2.24) is 10.2 Å². The Hall–Kier alpha value is -1.81. The van der Waals surface area contributed by atoms with Gasteiger partial charge in [-0.3, -0.25) is 9.89 Å². The number of nitrogens with zero attached hydrogens (tertiary/aromatic N) is 1. The molecule has 1 heterocycles. The highest BCUT2D eigenvalue weighted by molar-refractivity contribution is 6.30. The Kier molecular flexibility index (Phi) is 3.99. The molecule has 2 rings (SSSR count). The highest BCUT2D eigenvalue weighted by atomic mass is 35.5. The van der Waals surface area contributed by atoms with E-state index >= 15 is 0 Å². The van der Waals surface area contributed by atoms with Crippen LogP contribution in [0.4, 0.5) is 5.69 Å². The van der Waals surface area contributed by atoms with Gasteiger partial charge < -0.3 is 5.32 Å².